The number of aromatic nitrogens is 2. The Balaban J connectivity index is 3.11. The lowest BCUT2D eigenvalue weighted by molar-refractivity contribution is 0.0684. The normalized spacial score (nSPS) is 9.75. The molecule has 0 aromatic carbocycles. The van der Waals surface area contributed by atoms with Crippen molar-refractivity contribution in [2.24, 2.45) is 7.05 Å². The number of hydrogen-bond acceptors (Lipinski definition) is 2. The fraction of sp³-hybridized carbons (Fsp3) is 0.250. The number of allylic oxidation sites excluding steroid dienone is 1. The average Bonchev–Trinajstić information content (AvgIpc) is 2.32. The molecule has 0 spiro atoms. The first kappa shape index (κ1) is 8.52. The summed E-state index contributed by atoms with van der Waals surface area (Å²) in [5.74, 6) is -0.952. The van der Waals surface area contributed by atoms with Crippen molar-refractivity contribution in [2.45, 2.75) is 6.42 Å². The molecule has 1 aromatic rings. The zero-order chi connectivity index (χ0) is 9.14. The molecular formula is C8H10N2O2. The van der Waals surface area contributed by atoms with Crippen molar-refractivity contribution in [3.8, 4) is 0 Å². The van der Waals surface area contributed by atoms with Crippen LogP contribution in [0.5, 0.6) is 0 Å². The van der Waals surface area contributed by atoms with Crippen LogP contribution >= 0.6 is 0 Å². The molecule has 0 saturated heterocycles. The zero-order valence-electron chi connectivity index (χ0n) is 6.82. The van der Waals surface area contributed by atoms with Crippen LogP contribution in [0.15, 0.2) is 18.9 Å². The molecule has 0 aliphatic rings. The molecule has 0 fully saturated rings. The van der Waals surface area contributed by atoms with Crippen LogP contribution < -0.4 is 0 Å². The Morgan fingerprint density at radius 3 is 3.08 bits per heavy atom. The maximum atomic E-state index is 10.7. The number of carboxylic acids is 1. The summed E-state index contributed by atoms with van der Waals surface area (Å²) in [4.78, 5) is 10.7. The van der Waals surface area contributed by atoms with Crippen molar-refractivity contribution < 1.29 is 9.90 Å². The maximum absolute atomic E-state index is 10.7. The van der Waals surface area contributed by atoms with Gasteiger partial charge in [0.2, 0.25) is 0 Å². The minimum atomic E-state index is -0.952. The van der Waals surface area contributed by atoms with Crippen LogP contribution in [-0.4, -0.2) is 20.9 Å². The third kappa shape index (κ3) is 1.37. The Morgan fingerprint density at radius 1 is 1.92 bits per heavy atom. The molecule has 4 nitrogen and oxygen atoms in total. The Hall–Kier alpha value is -1.58. The van der Waals surface area contributed by atoms with Crippen LogP contribution in [0.25, 0.3) is 0 Å². The Labute approximate surface area is 70.1 Å². The first-order chi connectivity index (χ1) is 5.66. The van der Waals surface area contributed by atoms with Crippen LogP contribution in [0.2, 0.25) is 0 Å². The summed E-state index contributed by atoms with van der Waals surface area (Å²) in [6.07, 6.45) is 3.74. The van der Waals surface area contributed by atoms with E-state index in [2.05, 4.69) is 11.7 Å². The van der Waals surface area contributed by atoms with Gasteiger partial charge in [0, 0.05) is 12.6 Å². The summed E-state index contributed by atoms with van der Waals surface area (Å²) < 4.78 is 1.35. The first-order valence-corrected chi connectivity index (χ1v) is 3.52. The SMILES string of the molecule is C=CCc1cnn(C)c1C(=O)O. The summed E-state index contributed by atoms with van der Waals surface area (Å²) in [6, 6.07) is 0. The molecule has 12 heavy (non-hydrogen) atoms. The lowest BCUT2D eigenvalue weighted by atomic mass is 10.2. The van der Waals surface area contributed by atoms with E-state index in [0.29, 0.717) is 12.0 Å². The van der Waals surface area contributed by atoms with Gasteiger partial charge in [-0.25, -0.2) is 4.79 Å². The molecule has 0 amide bonds. The van der Waals surface area contributed by atoms with Crippen molar-refractivity contribution in [1.82, 2.24) is 9.78 Å². The molecule has 0 aliphatic heterocycles. The smallest absolute Gasteiger partial charge is 0.354 e. The van der Waals surface area contributed by atoms with E-state index in [1.165, 1.54) is 4.68 Å². The van der Waals surface area contributed by atoms with Crippen LogP contribution in [0, 0.1) is 0 Å². The lowest BCUT2D eigenvalue weighted by Crippen LogP contribution is -2.07. The topological polar surface area (TPSA) is 55.1 Å². The number of hydrogen-bond donors (Lipinski definition) is 1. The fourth-order valence-corrected chi connectivity index (χ4v) is 1.06. The summed E-state index contributed by atoms with van der Waals surface area (Å²) in [7, 11) is 1.61. The molecule has 0 radical (unpaired) electrons. The van der Waals surface area contributed by atoms with Gasteiger partial charge in [0.15, 0.2) is 0 Å². The van der Waals surface area contributed by atoms with Gasteiger partial charge in [-0.15, -0.1) is 6.58 Å². The third-order valence-electron chi connectivity index (χ3n) is 1.58. The molecule has 1 rings (SSSR count). The van der Waals surface area contributed by atoms with E-state index in [-0.39, 0.29) is 5.69 Å². The highest BCUT2D eigenvalue weighted by molar-refractivity contribution is 5.87. The zero-order valence-corrected chi connectivity index (χ0v) is 6.82. The monoisotopic (exact) mass is 166 g/mol. The van der Waals surface area contributed by atoms with Gasteiger partial charge < -0.3 is 5.11 Å². The minimum absolute atomic E-state index is 0.231. The summed E-state index contributed by atoms with van der Waals surface area (Å²) in [6.45, 7) is 3.54. The van der Waals surface area contributed by atoms with Gasteiger partial charge in [0.25, 0.3) is 0 Å². The van der Waals surface area contributed by atoms with Crippen LogP contribution in [0.4, 0.5) is 0 Å². The van der Waals surface area contributed by atoms with Crippen molar-refractivity contribution in [1.29, 1.82) is 0 Å². The molecule has 0 saturated carbocycles. The molecule has 0 bridgehead atoms. The van der Waals surface area contributed by atoms with Gasteiger partial charge in [0.1, 0.15) is 5.69 Å². The number of carbonyl (C=O) groups is 1. The van der Waals surface area contributed by atoms with Gasteiger partial charge in [-0.3, -0.25) is 4.68 Å². The van der Waals surface area contributed by atoms with Crippen molar-refractivity contribution in [2.75, 3.05) is 0 Å². The number of aromatic carboxylic acids is 1. The van der Waals surface area contributed by atoms with Crippen LogP contribution in [0.3, 0.4) is 0 Å². The van der Waals surface area contributed by atoms with E-state index in [0.717, 1.165) is 0 Å². The highest BCUT2D eigenvalue weighted by Crippen LogP contribution is 2.08. The van der Waals surface area contributed by atoms with Gasteiger partial charge in [-0.2, -0.15) is 5.10 Å². The van der Waals surface area contributed by atoms with Gasteiger partial charge in [0.05, 0.1) is 6.20 Å². The second-order valence-corrected chi connectivity index (χ2v) is 2.44. The fourth-order valence-electron chi connectivity index (χ4n) is 1.06. The largest absolute Gasteiger partial charge is 0.477 e. The first-order valence-electron chi connectivity index (χ1n) is 3.52. The number of rotatable bonds is 3. The molecule has 0 atom stereocenters. The summed E-state index contributed by atoms with van der Waals surface area (Å²) >= 11 is 0. The van der Waals surface area contributed by atoms with E-state index in [9.17, 15) is 4.79 Å². The third-order valence-corrected chi connectivity index (χ3v) is 1.58. The van der Waals surface area contributed by atoms with Crippen LogP contribution in [-0.2, 0) is 13.5 Å². The minimum Gasteiger partial charge on any atom is -0.477 e. The Bertz CT molecular complexity index is 315. The molecular weight excluding hydrogens is 156 g/mol. The van der Waals surface area contributed by atoms with E-state index in [1.54, 1.807) is 19.3 Å². The number of carboxylic acid groups (broad SMARTS) is 1. The second-order valence-electron chi connectivity index (χ2n) is 2.44. The maximum Gasteiger partial charge on any atom is 0.354 e. The lowest BCUT2D eigenvalue weighted by Gasteiger charge is -1.96. The quantitative estimate of drug-likeness (QED) is 0.677. The van der Waals surface area contributed by atoms with E-state index in [4.69, 9.17) is 5.11 Å². The Kier molecular flexibility index (Phi) is 2.28. The second kappa shape index (κ2) is 3.21. The van der Waals surface area contributed by atoms with Crippen molar-refractivity contribution >= 4 is 5.97 Å². The predicted octanol–water partition coefficient (Wildman–Crippen LogP) is 0.847. The number of nitrogens with zero attached hydrogens (tertiary/aromatic N) is 2. The number of aryl methyl sites for hydroxylation is 1. The van der Waals surface area contributed by atoms with Crippen molar-refractivity contribution in [3.05, 3.63) is 30.1 Å². The molecule has 64 valence electrons. The van der Waals surface area contributed by atoms with E-state index >= 15 is 0 Å². The molecule has 4 heteroatoms. The molecule has 1 aromatic heterocycles. The van der Waals surface area contributed by atoms with Crippen LogP contribution in [0.1, 0.15) is 16.1 Å². The predicted molar refractivity (Wildman–Crippen MR) is 44.1 cm³/mol. The summed E-state index contributed by atoms with van der Waals surface area (Å²) in [5, 5.41) is 12.6. The van der Waals surface area contributed by atoms with Crippen molar-refractivity contribution in [3.63, 3.8) is 0 Å². The highest BCUT2D eigenvalue weighted by Gasteiger charge is 2.13. The Morgan fingerprint density at radius 2 is 2.58 bits per heavy atom. The standard InChI is InChI=1S/C8H10N2O2/c1-3-4-6-5-9-10(2)7(6)8(11)12/h3,5H,1,4H2,2H3,(H,11,12). The van der Waals surface area contributed by atoms with Gasteiger partial charge in [-0.1, -0.05) is 6.08 Å². The molecule has 0 unspecified atom stereocenters. The molecule has 0 aliphatic carbocycles. The molecule has 1 heterocycles. The van der Waals surface area contributed by atoms with E-state index in [1.807, 2.05) is 0 Å². The average molecular weight is 166 g/mol. The summed E-state index contributed by atoms with van der Waals surface area (Å²) in [5.41, 5.74) is 0.926. The van der Waals surface area contributed by atoms with Gasteiger partial charge >= 0.3 is 5.97 Å². The molecule has 1 N–H and O–H groups in total. The highest BCUT2D eigenvalue weighted by atomic mass is 16.4. The van der Waals surface area contributed by atoms with E-state index < -0.39 is 5.97 Å². The van der Waals surface area contributed by atoms with Gasteiger partial charge in [-0.05, 0) is 6.42 Å².